The van der Waals surface area contributed by atoms with Crippen LogP contribution in [0.1, 0.15) is 11.1 Å². The molecule has 0 aliphatic heterocycles. The molecule has 6 heteroatoms. The van der Waals surface area contributed by atoms with E-state index in [1.54, 1.807) is 0 Å². The van der Waals surface area contributed by atoms with Gasteiger partial charge in [-0.1, -0.05) is 23.2 Å². The van der Waals surface area contributed by atoms with Crippen molar-refractivity contribution in [2.24, 2.45) is 0 Å². The quantitative estimate of drug-likeness (QED) is 0.866. The van der Waals surface area contributed by atoms with Gasteiger partial charge in [-0.05, 0) is 24.3 Å². The SMILES string of the molecule is N#Cc1ccc(F)cc1COc1cc(Cl)c(Cl)cc1N. The summed E-state index contributed by atoms with van der Waals surface area (Å²) >= 11 is 11.7. The first-order valence-corrected chi connectivity index (χ1v) is 6.32. The van der Waals surface area contributed by atoms with E-state index in [2.05, 4.69) is 0 Å². The van der Waals surface area contributed by atoms with Crippen molar-refractivity contribution in [3.63, 3.8) is 0 Å². The third-order valence-corrected chi connectivity index (χ3v) is 3.35. The van der Waals surface area contributed by atoms with E-state index >= 15 is 0 Å². The summed E-state index contributed by atoms with van der Waals surface area (Å²) in [6.45, 7) is 0.00279. The van der Waals surface area contributed by atoms with Gasteiger partial charge in [-0.25, -0.2) is 4.39 Å². The number of nitriles is 1. The van der Waals surface area contributed by atoms with Crippen LogP contribution < -0.4 is 10.5 Å². The molecule has 2 aromatic carbocycles. The predicted octanol–water partition coefficient (Wildman–Crippen LogP) is 4.17. The molecule has 2 N–H and O–H groups in total. The van der Waals surface area contributed by atoms with Gasteiger partial charge in [0.15, 0.2) is 0 Å². The van der Waals surface area contributed by atoms with E-state index in [4.69, 9.17) is 38.9 Å². The van der Waals surface area contributed by atoms with Crippen LogP contribution in [0.25, 0.3) is 0 Å². The van der Waals surface area contributed by atoms with Crippen LogP contribution in [0, 0.1) is 17.1 Å². The molecule has 0 atom stereocenters. The highest BCUT2D eigenvalue weighted by atomic mass is 35.5. The summed E-state index contributed by atoms with van der Waals surface area (Å²) in [5, 5.41) is 9.57. The molecule has 0 saturated carbocycles. The van der Waals surface area contributed by atoms with Crippen molar-refractivity contribution in [1.82, 2.24) is 0 Å². The van der Waals surface area contributed by atoms with Gasteiger partial charge in [-0.3, -0.25) is 0 Å². The summed E-state index contributed by atoms with van der Waals surface area (Å²) in [5.41, 5.74) is 6.83. The highest BCUT2D eigenvalue weighted by Gasteiger charge is 2.09. The lowest BCUT2D eigenvalue weighted by Gasteiger charge is -2.11. The molecule has 2 aromatic rings. The lowest BCUT2D eigenvalue weighted by Crippen LogP contribution is -2.01. The van der Waals surface area contributed by atoms with Gasteiger partial charge in [-0.2, -0.15) is 5.26 Å². The van der Waals surface area contributed by atoms with Crippen LogP contribution >= 0.6 is 23.2 Å². The fraction of sp³-hybridized carbons (Fsp3) is 0.0714. The summed E-state index contributed by atoms with van der Waals surface area (Å²) in [6.07, 6.45) is 0. The summed E-state index contributed by atoms with van der Waals surface area (Å²) < 4.78 is 18.6. The van der Waals surface area contributed by atoms with Gasteiger partial charge < -0.3 is 10.5 Å². The number of halogens is 3. The van der Waals surface area contributed by atoms with Crippen molar-refractivity contribution in [3.8, 4) is 11.8 Å². The molecule has 0 heterocycles. The minimum absolute atomic E-state index is 0.00279. The second kappa shape index (κ2) is 6.00. The number of nitrogens with zero attached hydrogens (tertiary/aromatic N) is 1. The first-order chi connectivity index (χ1) is 9.51. The highest BCUT2D eigenvalue weighted by molar-refractivity contribution is 6.42. The molecular formula is C14H9Cl2FN2O. The van der Waals surface area contributed by atoms with Gasteiger partial charge in [0, 0.05) is 11.6 Å². The largest absolute Gasteiger partial charge is 0.487 e. The van der Waals surface area contributed by atoms with Crippen LogP contribution in [0.2, 0.25) is 10.0 Å². The van der Waals surface area contributed by atoms with Crippen molar-refractivity contribution in [2.75, 3.05) is 5.73 Å². The van der Waals surface area contributed by atoms with Crippen LogP contribution in [0.5, 0.6) is 5.75 Å². The normalized spacial score (nSPS) is 10.1. The van der Waals surface area contributed by atoms with E-state index in [1.807, 2.05) is 6.07 Å². The van der Waals surface area contributed by atoms with Gasteiger partial charge in [0.05, 0.1) is 27.4 Å². The maximum atomic E-state index is 13.2. The Hall–Kier alpha value is -1.96. The van der Waals surface area contributed by atoms with Crippen LogP contribution in [0.15, 0.2) is 30.3 Å². The maximum absolute atomic E-state index is 13.2. The Morgan fingerprint density at radius 3 is 2.60 bits per heavy atom. The van der Waals surface area contributed by atoms with Crippen molar-refractivity contribution in [1.29, 1.82) is 5.26 Å². The first kappa shape index (κ1) is 14.4. The first-order valence-electron chi connectivity index (χ1n) is 5.57. The number of hydrogen-bond donors (Lipinski definition) is 1. The molecule has 102 valence electrons. The number of nitrogen functional groups attached to an aromatic ring is 1. The Morgan fingerprint density at radius 1 is 1.20 bits per heavy atom. The zero-order valence-electron chi connectivity index (χ0n) is 10.2. The number of hydrogen-bond acceptors (Lipinski definition) is 3. The Balaban J connectivity index is 2.23. The van der Waals surface area contributed by atoms with E-state index in [-0.39, 0.29) is 6.61 Å². The van der Waals surface area contributed by atoms with Gasteiger partial charge in [-0.15, -0.1) is 0 Å². The second-order valence-corrected chi connectivity index (χ2v) is 4.82. The average molecular weight is 311 g/mol. The standard InChI is InChI=1S/C14H9Cl2FN2O/c15-11-4-13(19)14(5-12(11)16)20-7-9-3-10(17)2-1-8(9)6-18/h1-5H,7,19H2. The summed E-state index contributed by atoms with van der Waals surface area (Å²) in [4.78, 5) is 0. The van der Waals surface area contributed by atoms with Gasteiger partial charge in [0.1, 0.15) is 18.2 Å². The molecule has 0 bridgehead atoms. The summed E-state index contributed by atoms with van der Waals surface area (Å²) in [5.74, 6) is -0.114. The molecule has 0 radical (unpaired) electrons. The Labute approximate surface area is 125 Å². The molecule has 0 amide bonds. The number of nitrogens with two attached hydrogens (primary N) is 1. The Bertz CT molecular complexity index is 698. The number of ether oxygens (including phenoxy) is 1. The van der Waals surface area contributed by atoms with Crippen molar-refractivity contribution < 1.29 is 9.13 Å². The molecule has 3 nitrogen and oxygen atoms in total. The van der Waals surface area contributed by atoms with E-state index in [0.717, 1.165) is 0 Å². The lowest BCUT2D eigenvalue weighted by atomic mass is 10.1. The number of benzene rings is 2. The molecular weight excluding hydrogens is 302 g/mol. The van der Waals surface area contributed by atoms with Crippen molar-refractivity contribution in [3.05, 3.63) is 57.3 Å². The van der Waals surface area contributed by atoms with Gasteiger partial charge >= 0.3 is 0 Å². The average Bonchev–Trinajstić information content (AvgIpc) is 2.41. The van der Waals surface area contributed by atoms with Crippen LogP contribution in [-0.2, 0) is 6.61 Å². The van der Waals surface area contributed by atoms with Gasteiger partial charge in [0.25, 0.3) is 0 Å². The van der Waals surface area contributed by atoms with Crippen molar-refractivity contribution in [2.45, 2.75) is 6.61 Å². The highest BCUT2D eigenvalue weighted by Crippen LogP contribution is 2.32. The topological polar surface area (TPSA) is 59.0 Å². The summed E-state index contributed by atoms with van der Waals surface area (Å²) in [6, 6.07) is 8.77. The minimum Gasteiger partial charge on any atom is -0.487 e. The molecule has 0 unspecified atom stereocenters. The van der Waals surface area contributed by atoms with E-state index in [9.17, 15) is 4.39 Å². The van der Waals surface area contributed by atoms with Crippen molar-refractivity contribution >= 4 is 28.9 Å². The molecule has 0 aliphatic rings. The third kappa shape index (κ3) is 3.13. The molecule has 0 aliphatic carbocycles. The number of anilines is 1. The number of rotatable bonds is 3. The van der Waals surface area contributed by atoms with Crippen LogP contribution in [0.3, 0.4) is 0 Å². The minimum atomic E-state index is -0.440. The second-order valence-electron chi connectivity index (χ2n) is 4.01. The molecule has 0 fully saturated rings. The fourth-order valence-corrected chi connectivity index (χ4v) is 1.94. The smallest absolute Gasteiger partial charge is 0.144 e. The predicted molar refractivity (Wildman–Crippen MR) is 76.3 cm³/mol. The fourth-order valence-electron chi connectivity index (χ4n) is 1.62. The molecule has 20 heavy (non-hydrogen) atoms. The third-order valence-electron chi connectivity index (χ3n) is 2.62. The van der Waals surface area contributed by atoms with Crippen LogP contribution in [0.4, 0.5) is 10.1 Å². The monoisotopic (exact) mass is 310 g/mol. The van der Waals surface area contributed by atoms with Crippen LogP contribution in [-0.4, -0.2) is 0 Å². The van der Waals surface area contributed by atoms with E-state index in [1.165, 1.54) is 30.3 Å². The zero-order chi connectivity index (χ0) is 14.7. The Kier molecular flexibility index (Phi) is 4.33. The van der Waals surface area contributed by atoms with Gasteiger partial charge in [0.2, 0.25) is 0 Å². The van der Waals surface area contributed by atoms with E-state index in [0.29, 0.717) is 32.6 Å². The van der Waals surface area contributed by atoms with E-state index < -0.39 is 5.82 Å². The zero-order valence-corrected chi connectivity index (χ0v) is 11.7. The Morgan fingerprint density at radius 2 is 1.90 bits per heavy atom. The molecule has 0 aromatic heterocycles. The molecule has 0 saturated heterocycles. The maximum Gasteiger partial charge on any atom is 0.144 e. The molecule has 2 rings (SSSR count). The molecule has 0 spiro atoms. The lowest BCUT2D eigenvalue weighted by molar-refractivity contribution is 0.307. The summed E-state index contributed by atoms with van der Waals surface area (Å²) in [7, 11) is 0.